The van der Waals surface area contributed by atoms with Gasteiger partial charge in [0.25, 0.3) is 0 Å². The maximum absolute atomic E-state index is 10.9. The fraction of sp³-hybridized carbons (Fsp3) is 0.520. The number of aliphatic hydroxyl groups excluding tert-OH is 3. The smallest absolute Gasteiger partial charge is 0.236 e. The normalized spacial score (nSPS) is 31.2. The maximum atomic E-state index is 10.9. The van der Waals surface area contributed by atoms with Crippen LogP contribution in [-0.4, -0.2) is 59.6 Å². The monoisotopic (exact) mass is 444 g/mol. The van der Waals surface area contributed by atoms with E-state index < -0.39 is 36.8 Å². The predicted octanol–water partition coefficient (Wildman–Crippen LogP) is 2.76. The van der Waals surface area contributed by atoms with Gasteiger partial charge in [0.05, 0.1) is 12.7 Å². The Labute approximate surface area is 188 Å². The van der Waals surface area contributed by atoms with Crippen molar-refractivity contribution in [2.75, 3.05) is 13.7 Å². The zero-order valence-electron chi connectivity index (χ0n) is 18.3. The van der Waals surface area contributed by atoms with E-state index in [1.165, 1.54) is 26.4 Å². The van der Waals surface area contributed by atoms with Gasteiger partial charge in [0.15, 0.2) is 6.10 Å². The molecule has 1 saturated heterocycles. The lowest BCUT2D eigenvalue weighted by Crippen LogP contribution is -2.66. The molecule has 0 bridgehead atoms. The summed E-state index contributed by atoms with van der Waals surface area (Å²) in [4.78, 5) is 0. The first-order valence-electron chi connectivity index (χ1n) is 11.3. The van der Waals surface area contributed by atoms with E-state index in [9.17, 15) is 15.3 Å². The Kier molecular flexibility index (Phi) is 7.33. The standard InChI is InChI=1S/C25H32O7/c1-29-25(17-8-4-2-5-9-17)24(23(28)22(27)21(16-26)32-25)31-20-14-12-19(13-15-20)30-18-10-6-3-7-11-18/h2,4-5,8-9,12-15,18,21-24,26-28H,3,6-7,10-11,16H2,1H3/t21-,22-,23+,24-,25+/m1/s1. The van der Waals surface area contributed by atoms with Crippen LogP contribution in [0.5, 0.6) is 11.5 Å². The summed E-state index contributed by atoms with van der Waals surface area (Å²) in [5.74, 6) is -0.281. The zero-order valence-corrected chi connectivity index (χ0v) is 18.3. The van der Waals surface area contributed by atoms with Gasteiger partial charge >= 0.3 is 0 Å². The van der Waals surface area contributed by atoms with Crippen molar-refractivity contribution < 1.29 is 34.3 Å². The van der Waals surface area contributed by atoms with Gasteiger partial charge in [0.2, 0.25) is 5.79 Å². The van der Waals surface area contributed by atoms with Crippen LogP contribution in [0.4, 0.5) is 0 Å². The highest BCUT2D eigenvalue weighted by Gasteiger charge is 2.57. The lowest BCUT2D eigenvalue weighted by Gasteiger charge is -2.49. The number of ether oxygens (including phenoxy) is 4. The summed E-state index contributed by atoms with van der Waals surface area (Å²) in [6.45, 7) is -0.476. The maximum Gasteiger partial charge on any atom is 0.236 e. The van der Waals surface area contributed by atoms with Crippen molar-refractivity contribution in [1.82, 2.24) is 0 Å². The van der Waals surface area contributed by atoms with Gasteiger partial charge in [-0.1, -0.05) is 36.8 Å². The average Bonchev–Trinajstić information content (AvgIpc) is 2.85. The molecule has 0 spiro atoms. The molecular weight excluding hydrogens is 412 g/mol. The molecule has 1 aliphatic heterocycles. The van der Waals surface area contributed by atoms with Crippen LogP contribution in [0.25, 0.3) is 0 Å². The molecule has 0 radical (unpaired) electrons. The van der Waals surface area contributed by atoms with Gasteiger partial charge in [-0.2, -0.15) is 0 Å². The second kappa shape index (κ2) is 10.2. The molecule has 5 atom stereocenters. The Bertz CT molecular complexity index is 837. The molecule has 2 aromatic rings. The molecule has 1 heterocycles. The van der Waals surface area contributed by atoms with Crippen molar-refractivity contribution in [2.24, 2.45) is 0 Å². The molecule has 0 aromatic heterocycles. The number of benzene rings is 2. The summed E-state index contributed by atoms with van der Waals surface area (Å²) in [6.07, 6.45) is 1.22. The van der Waals surface area contributed by atoms with Gasteiger partial charge in [-0.25, -0.2) is 0 Å². The molecule has 3 N–H and O–H groups in total. The third-order valence-corrected chi connectivity index (χ3v) is 6.34. The molecule has 7 nitrogen and oxygen atoms in total. The molecular formula is C25H32O7. The van der Waals surface area contributed by atoms with Gasteiger partial charge in [0, 0.05) is 12.7 Å². The summed E-state index contributed by atoms with van der Waals surface area (Å²) in [5.41, 5.74) is 0.606. The van der Waals surface area contributed by atoms with Crippen molar-refractivity contribution in [1.29, 1.82) is 0 Å². The van der Waals surface area contributed by atoms with Crippen LogP contribution >= 0.6 is 0 Å². The van der Waals surface area contributed by atoms with Crippen LogP contribution < -0.4 is 9.47 Å². The molecule has 2 aromatic carbocycles. The Hall–Kier alpha value is -2.16. The summed E-state index contributed by atoms with van der Waals surface area (Å²) < 4.78 is 24.0. The van der Waals surface area contributed by atoms with E-state index in [1.807, 2.05) is 30.3 Å². The van der Waals surface area contributed by atoms with E-state index in [-0.39, 0.29) is 6.10 Å². The van der Waals surface area contributed by atoms with Crippen LogP contribution in [0.3, 0.4) is 0 Å². The largest absolute Gasteiger partial charge is 0.490 e. The topological polar surface area (TPSA) is 97.6 Å². The minimum atomic E-state index is -1.52. The van der Waals surface area contributed by atoms with Crippen LogP contribution in [-0.2, 0) is 15.3 Å². The van der Waals surface area contributed by atoms with Gasteiger partial charge < -0.3 is 34.3 Å². The van der Waals surface area contributed by atoms with E-state index in [0.717, 1.165) is 18.6 Å². The van der Waals surface area contributed by atoms with E-state index >= 15 is 0 Å². The van der Waals surface area contributed by atoms with Crippen molar-refractivity contribution in [3.05, 3.63) is 60.2 Å². The summed E-state index contributed by atoms with van der Waals surface area (Å²) >= 11 is 0. The Morgan fingerprint density at radius 2 is 1.50 bits per heavy atom. The molecule has 32 heavy (non-hydrogen) atoms. The minimum absolute atomic E-state index is 0.244. The summed E-state index contributed by atoms with van der Waals surface area (Å²) in [5, 5.41) is 31.1. The van der Waals surface area contributed by atoms with Crippen LogP contribution in [0.2, 0.25) is 0 Å². The van der Waals surface area contributed by atoms with E-state index in [4.69, 9.17) is 18.9 Å². The number of hydrogen-bond acceptors (Lipinski definition) is 7. The molecule has 7 heteroatoms. The molecule has 0 amide bonds. The molecule has 4 rings (SSSR count). The number of aliphatic hydroxyl groups is 3. The van der Waals surface area contributed by atoms with Crippen molar-refractivity contribution in [2.45, 2.75) is 68.4 Å². The van der Waals surface area contributed by atoms with E-state index in [2.05, 4.69) is 0 Å². The quantitative estimate of drug-likeness (QED) is 0.604. The third kappa shape index (κ3) is 4.63. The van der Waals surface area contributed by atoms with E-state index in [0.29, 0.717) is 11.3 Å². The Morgan fingerprint density at radius 1 is 0.875 bits per heavy atom. The second-order valence-electron chi connectivity index (χ2n) is 8.45. The molecule has 174 valence electrons. The lowest BCUT2D eigenvalue weighted by atomic mass is 9.87. The molecule has 0 unspecified atom stereocenters. The number of methoxy groups -OCH3 is 1. The van der Waals surface area contributed by atoms with Crippen molar-refractivity contribution >= 4 is 0 Å². The fourth-order valence-corrected chi connectivity index (χ4v) is 4.58. The minimum Gasteiger partial charge on any atom is -0.490 e. The van der Waals surface area contributed by atoms with Gasteiger partial charge in [0.1, 0.15) is 29.8 Å². The Morgan fingerprint density at radius 3 is 2.09 bits per heavy atom. The second-order valence-corrected chi connectivity index (χ2v) is 8.45. The van der Waals surface area contributed by atoms with Crippen molar-refractivity contribution in [3.63, 3.8) is 0 Å². The molecule has 2 fully saturated rings. The van der Waals surface area contributed by atoms with Crippen LogP contribution in [0.1, 0.15) is 37.7 Å². The first-order valence-corrected chi connectivity index (χ1v) is 11.3. The van der Waals surface area contributed by atoms with Crippen LogP contribution in [0.15, 0.2) is 54.6 Å². The average molecular weight is 445 g/mol. The van der Waals surface area contributed by atoms with Gasteiger partial charge in [-0.05, 0) is 49.9 Å². The SMILES string of the molecule is CO[C@@]1(c2ccccc2)O[C@H](CO)[C@@H](O)[C@H](O)[C@H]1Oc1ccc(OC2CCCCC2)cc1. The summed E-state index contributed by atoms with van der Waals surface area (Å²) in [7, 11) is 1.45. The highest BCUT2D eigenvalue weighted by atomic mass is 16.7. The van der Waals surface area contributed by atoms with E-state index in [1.54, 1.807) is 24.3 Å². The predicted molar refractivity (Wildman–Crippen MR) is 117 cm³/mol. The first kappa shape index (κ1) is 23.0. The third-order valence-electron chi connectivity index (χ3n) is 6.34. The molecule has 2 aliphatic rings. The number of rotatable bonds is 7. The number of hydrogen-bond donors (Lipinski definition) is 3. The lowest BCUT2D eigenvalue weighted by molar-refractivity contribution is -0.360. The van der Waals surface area contributed by atoms with Crippen LogP contribution in [0, 0.1) is 0 Å². The fourth-order valence-electron chi connectivity index (χ4n) is 4.58. The summed E-state index contributed by atoms with van der Waals surface area (Å²) in [6, 6.07) is 16.3. The van der Waals surface area contributed by atoms with Gasteiger partial charge in [-0.3, -0.25) is 0 Å². The zero-order chi connectivity index (χ0) is 22.6. The van der Waals surface area contributed by atoms with Gasteiger partial charge in [-0.15, -0.1) is 0 Å². The van der Waals surface area contributed by atoms with Crippen molar-refractivity contribution in [3.8, 4) is 11.5 Å². The molecule has 1 aliphatic carbocycles. The molecule has 1 saturated carbocycles. The highest BCUT2D eigenvalue weighted by Crippen LogP contribution is 2.41. The Balaban J connectivity index is 1.57. The highest BCUT2D eigenvalue weighted by molar-refractivity contribution is 5.33. The first-order chi connectivity index (χ1) is 15.6.